The van der Waals surface area contributed by atoms with Crippen LogP contribution in [0.15, 0.2) is 41.8 Å². The number of imidazole rings is 1. The maximum Gasteiger partial charge on any atom is 0.271 e. The van der Waals surface area contributed by atoms with E-state index in [4.69, 9.17) is 16.3 Å². The summed E-state index contributed by atoms with van der Waals surface area (Å²) in [5, 5.41) is 2.29. The van der Waals surface area contributed by atoms with Gasteiger partial charge in [0, 0.05) is 13.2 Å². The Morgan fingerprint density at radius 2 is 1.89 bits per heavy atom. The molecule has 0 saturated heterocycles. The number of nitrogens with zero attached hydrogens (tertiary/aromatic N) is 4. The number of hydrogen-bond donors (Lipinski definition) is 2. The second-order valence-corrected chi connectivity index (χ2v) is 8.96. The quantitative estimate of drug-likeness (QED) is 0.395. The predicted molar refractivity (Wildman–Crippen MR) is 118 cm³/mol. The average Bonchev–Trinajstić information content (AvgIpc) is 3.27. The number of anilines is 1. The van der Waals surface area contributed by atoms with Gasteiger partial charge >= 0.3 is 0 Å². The van der Waals surface area contributed by atoms with Crippen LogP contribution in [0.5, 0.6) is 5.88 Å². The number of nitrogens with one attached hydrogen (secondary N) is 2. The Morgan fingerprint density at radius 3 is 2.57 bits per heavy atom. The van der Waals surface area contributed by atoms with Gasteiger partial charge in [0.1, 0.15) is 17.8 Å². The largest absolute Gasteiger partial charge is 0.480 e. The topological polar surface area (TPSA) is 128 Å². The Kier molecular flexibility index (Phi) is 6.25. The van der Waals surface area contributed by atoms with Crippen LogP contribution in [0.1, 0.15) is 10.5 Å². The molecule has 4 aromatic rings. The first-order chi connectivity index (χ1) is 16.6. The molecule has 3 aromatic heterocycles. The van der Waals surface area contributed by atoms with E-state index in [1.165, 1.54) is 14.2 Å². The zero-order chi connectivity index (χ0) is 25.5. The number of sulfonamides is 1. The number of rotatable bonds is 6. The monoisotopic (exact) mass is 526 g/mol. The zero-order valence-electron chi connectivity index (χ0n) is 17.8. The Balaban J connectivity index is 1.82. The summed E-state index contributed by atoms with van der Waals surface area (Å²) in [6.45, 7) is 0. The van der Waals surface area contributed by atoms with E-state index >= 15 is 8.78 Å². The molecule has 2 N–H and O–H groups in total. The van der Waals surface area contributed by atoms with Gasteiger partial charge in [-0.05, 0) is 18.2 Å². The van der Waals surface area contributed by atoms with Crippen LogP contribution >= 0.6 is 11.6 Å². The molecular formula is C20H14ClF3N6O4S. The lowest BCUT2D eigenvalue weighted by Crippen LogP contribution is -2.18. The number of hydrogen-bond acceptors (Lipinski definition) is 7. The third-order valence-electron chi connectivity index (χ3n) is 4.81. The molecule has 0 saturated carbocycles. The van der Waals surface area contributed by atoms with Crippen LogP contribution in [-0.4, -0.2) is 47.8 Å². The normalized spacial score (nSPS) is 11.5. The van der Waals surface area contributed by atoms with Gasteiger partial charge < -0.3 is 10.1 Å². The van der Waals surface area contributed by atoms with Crippen molar-refractivity contribution in [3.8, 4) is 17.1 Å². The van der Waals surface area contributed by atoms with Crippen LogP contribution < -0.4 is 14.8 Å². The van der Waals surface area contributed by atoms with Gasteiger partial charge in [-0.25, -0.2) is 32.2 Å². The highest BCUT2D eigenvalue weighted by Crippen LogP contribution is 2.34. The predicted octanol–water partition coefficient (Wildman–Crippen LogP) is 3.03. The highest BCUT2D eigenvalue weighted by molar-refractivity contribution is 7.92. The number of fused-ring (bicyclic) bond motifs is 1. The standard InChI is InChI=1S/C20H14ClF3N6O4S/c1-25-19(31)16-12-7-26-17(18(24)30(12)8-28-16)14-10(22)3-4-11(15(14)23)29-35(32,33)13-5-9(21)6-27-20(13)34-2/h3-8,29H,1-2H3,(H,25,31). The van der Waals surface area contributed by atoms with Crippen molar-refractivity contribution in [2.24, 2.45) is 0 Å². The molecule has 0 fully saturated rings. The van der Waals surface area contributed by atoms with Crippen LogP contribution in [0.2, 0.25) is 5.02 Å². The fraction of sp³-hybridized carbons (Fsp3) is 0.100. The fourth-order valence-corrected chi connectivity index (χ4v) is 4.62. The molecule has 0 aliphatic carbocycles. The summed E-state index contributed by atoms with van der Waals surface area (Å²) >= 11 is 5.82. The van der Waals surface area contributed by atoms with Crippen LogP contribution in [-0.2, 0) is 10.0 Å². The van der Waals surface area contributed by atoms with Crippen molar-refractivity contribution in [2.45, 2.75) is 4.90 Å². The van der Waals surface area contributed by atoms with E-state index in [-0.39, 0.29) is 22.1 Å². The van der Waals surface area contributed by atoms with Crippen molar-refractivity contribution < 1.29 is 31.1 Å². The number of carbonyl (C=O) groups excluding carboxylic acids is 1. The van der Waals surface area contributed by atoms with Crippen molar-refractivity contribution in [2.75, 3.05) is 18.9 Å². The van der Waals surface area contributed by atoms with Gasteiger partial charge in [0.2, 0.25) is 11.8 Å². The summed E-state index contributed by atoms with van der Waals surface area (Å²) in [5.41, 5.74) is -2.64. The first-order valence-corrected chi connectivity index (χ1v) is 11.4. The Morgan fingerprint density at radius 1 is 1.14 bits per heavy atom. The third-order valence-corrected chi connectivity index (χ3v) is 6.38. The van der Waals surface area contributed by atoms with E-state index in [9.17, 15) is 17.6 Å². The number of aromatic nitrogens is 4. The number of halogens is 4. The van der Waals surface area contributed by atoms with Crippen molar-refractivity contribution in [3.63, 3.8) is 0 Å². The Hall–Kier alpha value is -3.91. The van der Waals surface area contributed by atoms with Gasteiger partial charge in [0.15, 0.2) is 16.4 Å². The lowest BCUT2D eigenvalue weighted by atomic mass is 10.1. The minimum Gasteiger partial charge on any atom is -0.480 e. The molecule has 15 heteroatoms. The number of amides is 1. The van der Waals surface area contributed by atoms with Gasteiger partial charge in [0.25, 0.3) is 15.9 Å². The lowest BCUT2D eigenvalue weighted by Gasteiger charge is -2.14. The number of carbonyl (C=O) groups is 1. The Bertz CT molecular complexity index is 1600. The molecule has 0 radical (unpaired) electrons. The molecule has 3 heterocycles. The minimum atomic E-state index is -4.53. The van der Waals surface area contributed by atoms with E-state index in [2.05, 4.69) is 20.3 Å². The van der Waals surface area contributed by atoms with Crippen LogP contribution in [0, 0.1) is 17.6 Å². The molecule has 4 rings (SSSR count). The summed E-state index contributed by atoms with van der Waals surface area (Å²) in [6.07, 6.45) is 3.10. The Labute approximate surface area is 200 Å². The second-order valence-electron chi connectivity index (χ2n) is 6.88. The average molecular weight is 527 g/mol. The first kappa shape index (κ1) is 24.2. The van der Waals surface area contributed by atoms with Crippen molar-refractivity contribution in [1.82, 2.24) is 24.7 Å². The molecule has 0 unspecified atom stereocenters. The van der Waals surface area contributed by atoms with Crippen molar-refractivity contribution in [3.05, 3.63) is 65.2 Å². The van der Waals surface area contributed by atoms with Crippen molar-refractivity contribution in [1.29, 1.82) is 0 Å². The summed E-state index contributed by atoms with van der Waals surface area (Å²) in [4.78, 5) is 22.7. The molecule has 182 valence electrons. The molecular weight excluding hydrogens is 513 g/mol. The van der Waals surface area contributed by atoms with E-state index in [0.29, 0.717) is 0 Å². The minimum absolute atomic E-state index is 0.0394. The van der Waals surface area contributed by atoms with Crippen LogP contribution in [0.4, 0.5) is 18.9 Å². The molecule has 1 amide bonds. The summed E-state index contributed by atoms with van der Waals surface area (Å²) < 4.78 is 78.6. The third kappa shape index (κ3) is 4.21. The molecule has 0 aliphatic heterocycles. The molecule has 1 aromatic carbocycles. The first-order valence-electron chi connectivity index (χ1n) is 9.53. The van der Waals surface area contributed by atoms with Gasteiger partial charge in [0.05, 0.1) is 35.1 Å². The zero-order valence-corrected chi connectivity index (χ0v) is 19.4. The summed E-state index contributed by atoms with van der Waals surface area (Å²) in [7, 11) is -2.01. The summed E-state index contributed by atoms with van der Waals surface area (Å²) in [6, 6.07) is 2.57. The van der Waals surface area contributed by atoms with Gasteiger partial charge in [-0.3, -0.25) is 13.9 Å². The SMILES string of the molecule is CNC(=O)c1ncn2c(F)c(-c3c(F)ccc(NS(=O)(=O)c4cc(Cl)cnc4OC)c3F)ncc12. The van der Waals surface area contributed by atoms with Gasteiger partial charge in [-0.1, -0.05) is 11.6 Å². The van der Waals surface area contributed by atoms with Crippen LogP contribution in [0.3, 0.4) is 0 Å². The number of methoxy groups -OCH3 is 1. The van der Waals surface area contributed by atoms with E-state index in [1.807, 2.05) is 4.72 Å². The fourth-order valence-electron chi connectivity index (χ4n) is 3.19. The van der Waals surface area contributed by atoms with E-state index in [1.54, 1.807) is 0 Å². The van der Waals surface area contributed by atoms with E-state index in [0.717, 1.165) is 41.3 Å². The maximum absolute atomic E-state index is 15.4. The number of pyridine rings is 1. The van der Waals surface area contributed by atoms with Crippen LogP contribution in [0.25, 0.3) is 16.8 Å². The van der Waals surface area contributed by atoms with Crippen molar-refractivity contribution >= 4 is 38.7 Å². The number of benzene rings is 1. The number of ether oxygens (including phenoxy) is 1. The molecule has 10 nitrogen and oxygen atoms in total. The highest BCUT2D eigenvalue weighted by Gasteiger charge is 2.27. The van der Waals surface area contributed by atoms with E-state index < -0.39 is 55.4 Å². The smallest absolute Gasteiger partial charge is 0.271 e. The molecule has 35 heavy (non-hydrogen) atoms. The summed E-state index contributed by atoms with van der Waals surface area (Å²) in [5.74, 6) is -4.84. The lowest BCUT2D eigenvalue weighted by molar-refractivity contribution is 0.0960. The molecule has 0 bridgehead atoms. The second kappa shape index (κ2) is 9.03. The van der Waals surface area contributed by atoms with Gasteiger partial charge in [-0.15, -0.1) is 0 Å². The molecule has 0 spiro atoms. The maximum atomic E-state index is 15.4. The molecule has 0 aliphatic rings. The highest BCUT2D eigenvalue weighted by atomic mass is 35.5. The van der Waals surface area contributed by atoms with Gasteiger partial charge in [-0.2, -0.15) is 4.39 Å². The molecule has 0 atom stereocenters.